The molecule has 3 aromatic rings. The van der Waals surface area contributed by atoms with Crippen LogP contribution >= 0.6 is 0 Å². The van der Waals surface area contributed by atoms with Crippen molar-refractivity contribution in [3.63, 3.8) is 0 Å². The van der Waals surface area contributed by atoms with Gasteiger partial charge in [-0.05, 0) is 42.4 Å². The molecule has 2 aromatic carbocycles. The summed E-state index contributed by atoms with van der Waals surface area (Å²) >= 11 is 0. The molecule has 1 atom stereocenters. The third-order valence-corrected chi connectivity index (χ3v) is 5.47. The Kier molecular flexibility index (Phi) is 12.1. The van der Waals surface area contributed by atoms with E-state index in [1.807, 2.05) is 38.1 Å². The third-order valence-electron chi connectivity index (χ3n) is 5.47. The Morgan fingerprint density at radius 3 is 2.30 bits per heavy atom. The summed E-state index contributed by atoms with van der Waals surface area (Å²) < 4.78 is 10.0. The van der Waals surface area contributed by atoms with Crippen LogP contribution in [0, 0.1) is 5.92 Å². The number of aliphatic hydroxyl groups excluding tert-OH is 1. The Morgan fingerprint density at radius 1 is 1.08 bits per heavy atom. The van der Waals surface area contributed by atoms with Gasteiger partial charge in [0.1, 0.15) is 6.10 Å². The molecule has 1 fully saturated rings. The van der Waals surface area contributed by atoms with E-state index in [4.69, 9.17) is 20.3 Å². The molecule has 1 unspecified atom stereocenters. The van der Waals surface area contributed by atoms with Gasteiger partial charge in [0, 0.05) is 31.7 Å². The zero-order valence-corrected chi connectivity index (χ0v) is 21.6. The minimum Gasteiger partial charge on any atom is -0.503 e. The lowest BCUT2D eigenvalue weighted by Gasteiger charge is -2.13. The van der Waals surface area contributed by atoms with Gasteiger partial charge in [0.25, 0.3) is 5.91 Å². The van der Waals surface area contributed by atoms with Crippen LogP contribution in [0.25, 0.3) is 11.1 Å². The first-order chi connectivity index (χ1) is 17.8. The molecule has 0 spiro atoms. The number of aromatic nitrogens is 1. The summed E-state index contributed by atoms with van der Waals surface area (Å²) in [4.78, 5) is 25.5. The molecular weight excluding hydrogens is 472 g/mol. The number of nitrogens with two attached hydrogens (primary N) is 1. The van der Waals surface area contributed by atoms with Gasteiger partial charge in [-0.15, -0.1) is 0 Å². The van der Waals surface area contributed by atoms with E-state index in [0.29, 0.717) is 18.9 Å². The molecule has 8 nitrogen and oxygen atoms in total. The fraction of sp³-hybridized carbons (Fsp3) is 0.345. The summed E-state index contributed by atoms with van der Waals surface area (Å²) in [6.45, 7) is 4.16. The number of aromatic hydroxyl groups is 1. The van der Waals surface area contributed by atoms with Crippen LogP contribution in [0.3, 0.4) is 0 Å². The van der Waals surface area contributed by atoms with Crippen LogP contribution in [0.15, 0.2) is 66.9 Å². The summed E-state index contributed by atoms with van der Waals surface area (Å²) in [6, 6.07) is 20.1. The molecule has 1 heterocycles. The number of methoxy groups -OCH3 is 1. The Morgan fingerprint density at radius 2 is 1.76 bits per heavy atom. The number of carbonyl (C=O) groups excluding carboxylic acids is 2. The largest absolute Gasteiger partial charge is 0.503 e. The van der Waals surface area contributed by atoms with Crippen LogP contribution in [-0.2, 0) is 16.0 Å². The first-order valence-electron chi connectivity index (χ1n) is 12.2. The molecule has 4 rings (SSSR count). The van der Waals surface area contributed by atoms with Gasteiger partial charge in [-0.1, -0.05) is 61.5 Å². The Labute approximate surface area is 218 Å². The lowest BCUT2D eigenvalue weighted by Crippen LogP contribution is -2.16. The monoisotopic (exact) mass is 508 g/mol. The van der Waals surface area contributed by atoms with Crippen molar-refractivity contribution < 1.29 is 29.3 Å². The number of rotatable bonds is 8. The highest BCUT2D eigenvalue weighted by Gasteiger charge is 2.18. The summed E-state index contributed by atoms with van der Waals surface area (Å²) in [5, 5.41) is 17.5. The number of esters is 1. The van der Waals surface area contributed by atoms with Crippen molar-refractivity contribution in [2.75, 3.05) is 13.7 Å². The molecule has 1 aliphatic rings. The highest BCUT2D eigenvalue weighted by molar-refractivity contribution is 5.94. The van der Waals surface area contributed by atoms with E-state index in [9.17, 15) is 14.7 Å². The van der Waals surface area contributed by atoms with Crippen molar-refractivity contribution >= 4 is 11.9 Å². The van der Waals surface area contributed by atoms with Crippen molar-refractivity contribution in [1.29, 1.82) is 0 Å². The zero-order chi connectivity index (χ0) is 27.2. The second kappa shape index (κ2) is 15.3. The maximum Gasteiger partial charge on any atom is 0.305 e. The highest BCUT2D eigenvalue weighted by Crippen LogP contribution is 2.27. The molecule has 1 aliphatic carbocycles. The standard InChI is InChI=1S/C18H20O2.C7H8N2O3.C4H8O/c1-3-18(19)20-14(2)12-15-8-7-11-17(13-15)16-9-5-4-6-10-16;1-12-4-2-3-9-5(6(4)10)7(8)11;5-3-4-1-2-4/h4-11,13-14H,3,12H2,1-2H3;2-3,10H,1H3,(H2,8,11);4-5H,1-3H2. The molecule has 1 amide bonds. The molecule has 8 heteroatoms. The second-order valence-electron chi connectivity index (χ2n) is 8.63. The summed E-state index contributed by atoms with van der Waals surface area (Å²) in [7, 11) is 1.37. The summed E-state index contributed by atoms with van der Waals surface area (Å²) in [6.07, 6.45) is 4.93. The number of carbonyl (C=O) groups is 2. The fourth-order valence-corrected chi connectivity index (χ4v) is 3.27. The predicted molar refractivity (Wildman–Crippen MR) is 142 cm³/mol. The molecule has 0 radical (unpaired) electrons. The maximum atomic E-state index is 11.3. The van der Waals surface area contributed by atoms with Crippen LogP contribution in [-0.4, -0.2) is 46.9 Å². The first kappa shape index (κ1) is 29.3. The fourth-order valence-electron chi connectivity index (χ4n) is 3.27. The average molecular weight is 509 g/mol. The molecule has 198 valence electrons. The van der Waals surface area contributed by atoms with Crippen LogP contribution in [0.4, 0.5) is 0 Å². The molecule has 1 saturated carbocycles. The van der Waals surface area contributed by atoms with E-state index < -0.39 is 5.91 Å². The highest BCUT2D eigenvalue weighted by atomic mass is 16.5. The lowest BCUT2D eigenvalue weighted by molar-refractivity contribution is -0.147. The van der Waals surface area contributed by atoms with Crippen molar-refractivity contribution in [1.82, 2.24) is 4.98 Å². The lowest BCUT2D eigenvalue weighted by atomic mass is 10.0. The zero-order valence-electron chi connectivity index (χ0n) is 21.6. The van der Waals surface area contributed by atoms with Gasteiger partial charge in [0.2, 0.25) is 0 Å². The van der Waals surface area contributed by atoms with E-state index in [-0.39, 0.29) is 29.3 Å². The van der Waals surface area contributed by atoms with Gasteiger partial charge in [-0.3, -0.25) is 9.59 Å². The summed E-state index contributed by atoms with van der Waals surface area (Å²) in [5.74, 6) is -0.385. The smallest absolute Gasteiger partial charge is 0.305 e. The molecule has 0 saturated heterocycles. The molecule has 0 bridgehead atoms. The molecule has 1 aromatic heterocycles. The summed E-state index contributed by atoms with van der Waals surface area (Å²) in [5.41, 5.74) is 8.31. The average Bonchev–Trinajstić information content (AvgIpc) is 3.75. The van der Waals surface area contributed by atoms with Gasteiger partial charge in [-0.2, -0.15) is 0 Å². The van der Waals surface area contributed by atoms with Crippen molar-refractivity contribution in [2.45, 2.75) is 45.6 Å². The van der Waals surface area contributed by atoms with Gasteiger partial charge in [-0.25, -0.2) is 4.98 Å². The van der Waals surface area contributed by atoms with Crippen molar-refractivity contribution in [2.24, 2.45) is 11.7 Å². The number of pyridine rings is 1. The number of nitrogens with zero attached hydrogens (tertiary/aromatic N) is 1. The van der Waals surface area contributed by atoms with Crippen LogP contribution < -0.4 is 10.5 Å². The SMILES string of the molecule is CCC(=O)OC(C)Cc1cccc(-c2ccccc2)c1.COc1ccnc(C(N)=O)c1O.OCC1CC1. The number of aliphatic hydroxyl groups is 1. The molecule has 37 heavy (non-hydrogen) atoms. The quantitative estimate of drug-likeness (QED) is 0.381. The number of amides is 1. The number of hydrogen-bond donors (Lipinski definition) is 3. The van der Waals surface area contributed by atoms with E-state index >= 15 is 0 Å². The van der Waals surface area contributed by atoms with Crippen molar-refractivity contribution in [3.8, 4) is 22.6 Å². The molecular formula is C29H36N2O6. The minimum absolute atomic E-state index is 0.0894. The second-order valence-corrected chi connectivity index (χ2v) is 8.63. The van der Waals surface area contributed by atoms with E-state index in [1.54, 1.807) is 0 Å². The van der Waals surface area contributed by atoms with Crippen LogP contribution in [0.5, 0.6) is 11.5 Å². The number of hydrogen-bond acceptors (Lipinski definition) is 7. The van der Waals surface area contributed by atoms with Crippen molar-refractivity contribution in [3.05, 3.63) is 78.1 Å². The van der Waals surface area contributed by atoms with Gasteiger partial charge in [0.15, 0.2) is 17.2 Å². The van der Waals surface area contributed by atoms with Gasteiger partial charge >= 0.3 is 5.97 Å². The predicted octanol–water partition coefficient (Wildman–Crippen LogP) is 4.52. The number of primary amides is 1. The van der Waals surface area contributed by atoms with Gasteiger partial charge in [0.05, 0.1) is 7.11 Å². The Balaban J connectivity index is 0.000000237. The number of benzene rings is 2. The molecule has 0 aliphatic heterocycles. The maximum absolute atomic E-state index is 11.3. The van der Waals surface area contributed by atoms with Crippen LogP contribution in [0.2, 0.25) is 0 Å². The Hall–Kier alpha value is -3.91. The van der Waals surface area contributed by atoms with E-state index in [1.165, 1.54) is 48.9 Å². The first-order valence-corrected chi connectivity index (χ1v) is 12.2. The van der Waals surface area contributed by atoms with Crippen LogP contribution in [0.1, 0.15) is 49.2 Å². The van der Waals surface area contributed by atoms with E-state index in [0.717, 1.165) is 6.42 Å². The van der Waals surface area contributed by atoms with Gasteiger partial charge < -0.3 is 25.4 Å². The molecule has 4 N–H and O–H groups in total. The normalized spacial score (nSPS) is 12.6. The third kappa shape index (κ3) is 10.3. The van der Waals surface area contributed by atoms with E-state index in [2.05, 4.69) is 35.3 Å². The Bertz CT molecular complexity index is 1130. The topological polar surface area (TPSA) is 132 Å². The number of ether oxygens (including phenoxy) is 2. The minimum atomic E-state index is -0.786.